The van der Waals surface area contributed by atoms with Crippen LogP contribution in [0, 0.1) is 0 Å². The fourth-order valence-electron chi connectivity index (χ4n) is 0.639. The van der Waals surface area contributed by atoms with E-state index in [-0.39, 0.29) is 0 Å². The molecule has 0 aliphatic carbocycles. The van der Waals surface area contributed by atoms with Gasteiger partial charge in [-0.1, -0.05) is 15.9 Å². The van der Waals surface area contributed by atoms with Crippen LogP contribution >= 0.6 is 15.9 Å². The van der Waals surface area contributed by atoms with Crippen LogP contribution < -0.4 is 0 Å². The zero-order chi connectivity index (χ0) is 8.27. The number of carbonyl (C=O) groups excluding carboxylic acids is 1. The largest absolute Gasteiger partial charge is 0.372 e. The summed E-state index contributed by atoms with van der Waals surface area (Å²) in [6.07, 6.45) is 0. The van der Waals surface area contributed by atoms with E-state index in [2.05, 4.69) is 20.8 Å². The molecule has 0 aliphatic heterocycles. The van der Waals surface area contributed by atoms with Gasteiger partial charge >= 0.3 is 5.97 Å². The van der Waals surface area contributed by atoms with Gasteiger partial charge in [-0.3, -0.25) is 4.89 Å². The van der Waals surface area contributed by atoms with Crippen molar-refractivity contribution in [2.75, 3.05) is 0 Å². The molecule has 0 unspecified atom stereocenters. The first-order chi connectivity index (χ1) is 5.24. The molecule has 1 aromatic carbocycles. The summed E-state index contributed by atoms with van der Waals surface area (Å²) in [4.78, 5) is 14.2. The Morgan fingerprint density at radius 1 is 1.36 bits per heavy atom. The van der Waals surface area contributed by atoms with E-state index in [0.717, 1.165) is 4.47 Å². The Labute approximate surface area is 71.7 Å². The number of halogens is 1. The van der Waals surface area contributed by atoms with Gasteiger partial charge in [0.05, 0.1) is 5.56 Å². The van der Waals surface area contributed by atoms with Crippen LogP contribution in [0.2, 0.25) is 0 Å². The summed E-state index contributed by atoms with van der Waals surface area (Å²) < 4.78 is 0.868. The van der Waals surface area contributed by atoms with Crippen molar-refractivity contribution in [2.24, 2.45) is 0 Å². The molecule has 0 amide bonds. The first-order valence-corrected chi connectivity index (χ1v) is 3.64. The molecule has 4 heteroatoms. The molecule has 58 valence electrons. The average molecular weight is 217 g/mol. The Morgan fingerprint density at radius 3 is 2.36 bits per heavy atom. The summed E-state index contributed by atoms with van der Waals surface area (Å²) in [5.41, 5.74) is 0.315. The van der Waals surface area contributed by atoms with E-state index in [1.165, 1.54) is 0 Å². The van der Waals surface area contributed by atoms with Crippen molar-refractivity contribution in [2.45, 2.75) is 0 Å². The van der Waals surface area contributed by atoms with Gasteiger partial charge in [-0.05, 0) is 24.3 Å². The molecule has 11 heavy (non-hydrogen) atoms. The summed E-state index contributed by atoms with van der Waals surface area (Å²) >= 11 is 3.20. The predicted molar refractivity (Wildman–Crippen MR) is 42.2 cm³/mol. The van der Waals surface area contributed by atoms with Gasteiger partial charge in [-0.25, -0.2) is 4.79 Å². The third-order valence-corrected chi connectivity index (χ3v) is 1.69. The lowest BCUT2D eigenvalue weighted by atomic mass is 10.2. The number of hydrogen-bond donors (Lipinski definition) is 1. The molecule has 0 saturated carbocycles. The van der Waals surface area contributed by atoms with Crippen molar-refractivity contribution in [3.8, 4) is 0 Å². The molecule has 0 fully saturated rings. The van der Waals surface area contributed by atoms with E-state index >= 15 is 0 Å². The van der Waals surface area contributed by atoms with Gasteiger partial charge in [-0.15, -0.1) is 0 Å². The Morgan fingerprint density at radius 2 is 1.91 bits per heavy atom. The lowest BCUT2D eigenvalue weighted by Gasteiger charge is -1.95. The third-order valence-electron chi connectivity index (χ3n) is 1.16. The van der Waals surface area contributed by atoms with Crippen LogP contribution in [-0.2, 0) is 4.89 Å². The molecule has 0 spiro atoms. The topological polar surface area (TPSA) is 46.5 Å². The molecule has 1 N–H and O–H groups in total. The summed E-state index contributed by atoms with van der Waals surface area (Å²) in [5, 5.41) is 8.00. The highest BCUT2D eigenvalue weighted by Gasteiger charge is 2.04. The Kier molecular flexibility index (Phi) is 2.62. The van der Waals surface area contributed by atoms with Crippen LogP contribution in [-0.4, -0.2) is 11.2 Å². The monoisotopic (exact) mass is 216 g/mol. The first-order valence-electron chi connectivity index (χ1n) is 2.85. The molecule has 1 rings (SSSR count). The minimum absolute atomic E-state index is 0.315. The zero-order valence-electron chi connectivity index (χ0n) is 5.45. The van der Waals surface area contributed by atoms with E-state index in [0.29, 0.717) is 5.56 Å². The maximum absolute atomic E-state index is 10.6. The van der Waals surface area contributed by atoms with Crippen LogP contribution in [0.3, 0.4) is 0 Å². The highest BCUT2D eigenvalue weighted by molar-refractivity contribution is 9.10. The summed E-state index contributed by atoms with van der Waals surface area (Å²) in [5.74, 6) is -0.752. The fourth-order valence-corrected chi connectivity index (χ4v) is 0.903. The molecule has 0 bridgehead atoms. The summed E-state index contributed by atoms with van der Waals surface area (Å²) in [7, 11) is 0. The van der Waals surface area contributed by atoms with Gasteiger partial charge in [0.1, 0.15) is 0 Å². The summed E-state index contributed by atoms with van der Waals surface area (Å²) in [6, 6.07) is 6.46. The second-order valence-electron chi connectivity index (χ2n) is 1.89. The summed E-state index contributed by atoms with van der Waals surface area (Å²) in [6.45, 7) is 0. The fraction of sp³-hybridized carbons (Fsp3) is 0. The molecule has 0 aromatic heterocycles. The van der Waals surface area contributed by atoms with E-state index in [4.69, 9.17) is 5.26 Å². The molecular formula is C7H5BrO3. The predicted octanol–water partition coefficient (Wildman–Crippen LogP) is 2.08. The van der Waals surface area contributed by atoms with Gasteiger partial charge in [0.25, 0.3) is 0 Å². The highest BCUT2D eigenvalue weighted by Crippen LogP contribution is 2.10. The molecular weight excluding hydrogens is 212 g/mol. The highest BCUT2D eigenvalue weighted by atomic mass is 79.9. The van der Waals surface area contributed by atoms with Crippen molar-refractivity contribution >= 4 is 21.9 Å². The van der Waals surface area contributed by atoms with Crippen LogP contribution in [0.4, 0.5) is 0 Å². The number of rotatable bonds is 1. The Balaban J connectivity index is 2.90. The molecule has 0 atom stereocenters. The standard InChI is InChI=1S/C7H5BrO3/c8-6-3-1-5(2-4-6)7(9)11-10/h1-4,10H. The first kappa shape index (κ1) is 8.23. The third kappa shape index (κ3) is 2.03. The van der Waals surface area contributed by atoms with Crippen molar-refractivity contribution in [1.82, 2.24) is 0 Å². The second-order valence-corrected chi connectivity index (χ2v) is 2.80. The van der Waals surface area contributed by atoms with Gasteiger partial charge < -0.3 is 0 Å². The van der Waals surface area contributed by atoms with Crippen molar-refractivity contribution in [3.05, 3.63) is 34.3 Å². The molecule has 0 aliphatic rings. The van der Waals surface area contributed by atoms with Crippen LogP contribution in [0.25, 0.3) is 0 Å². The lowest BCUT2D eigenvalue weighted by Crippen LogP contribution is -2.00. The zero-order valence-corrected chi connectivity index (χ0v) is 7.04. The molecule has 0 heterocycles. The molecule has 0 radical (unpaired) electrons. The van der Waals surface area contributed by atoms with E-state index < -0.39 is 5.97 Å². The van der Waals surface area contributed by atoms with Gasteiger partial charge in [-0.2, -0.15) is 5.26 Å². The van der Waals surface area contributed by atoms with E-state index in [1.807, 2.05) is 0 Å². The van der Waals surface area contributed by atoms with Gasteiger partial charge in [0.15, 0.2) is 0 Å². The quantitative estimate of drug-likeness (QED) is 0.578. The van der Waals surface area contributed by atoms with Crippen molar-refractivity contribution in [1.29, 1.82) is 0 Å². The minimum atomic E-state index is -0.752. The number of hydrogen-bond acceptors (Lipinski definition) is 3. The van der Waals surface area contributed by atoms with Crippen LogP contribution in [0.15, 0.2) is 28.7 Å². The number of benzene rings is 1. The normalized spacial score (nSPS) is 9.27. The van der Waals surface area contributed by atoms with Crippen LogP contribution in [0.5, 0.6) is 0 Å². The molecule has 1 aromatic rings. The molecule has 3 nitrogen and oxygen atoms in total. The van der Waals surface area contributed by atoms with Crippen molar-refractivity contribution < 1.29 is 14.9 Å². The molecule has 0 saturated heterocycles. The van der Waals surface area contributed by atoms with Crippen LogP contribution in [0.1, 0.15) is 10.4 Å². The van der Waals surface area contributed by atoms with E-state index in [1.54, 1.807) is 24.3 Å². The number of carbonyl (C=O) groups is 1. The SMILES string of the molecule is O=C(OO)c1ccc(Br)cc1. The smallest absolute Gasteiger partial charge is 0.296 e. The van der Waals surface area contributed by atoms with Gasteiger partial charge in [0, 0.05) is 4.47 Å². The minimum Gasteiger partial charge on any atom is -0.296 e. The lowest BCUT2D eigenvalue weighted by molar-refractivity contribution is -0.182. The van der Waals surface area contributed by atoms with E-state index in [9.17, 15) is 4.79 Å². The van der Waals surface area contributed by atoms with Gasteiger partial charge in [0.2, 0.25) is 0 Å². The second kappa shape index (κ2) is 3.50. The maximum atomic E-state index is 10.6. The maximum Gasteiger partial charge on any atom is 0.372 e. The Hall–Kier alpha value is -0.870. The average Bonchev–Trinajstić information content (AvgIpc) is 2.05. The van der Waals surface area contributed by atoms with Crippen molar-refractivity contribution in [3.63, 3.8) is 0 Å². The Bertz CT molecular complexity index is 255.